The van der Waals surface area contributed by atoms with Crippen LogP contribution >= 0.6 is 0 Å². The molecule has 0 bridgehead atoms. The Balaban J connectivity index is 1.69. The number of sulfonamides is 1. The monoisotopic (exact) mass is 366 g/mol. The summed E-state index contributed by atoms with van der Waals surface area (Å²) in [7, 11) is -1.92. The molecule has 1 aromatic heterocycles. The fourth-order valence-corrected chi connectivity index (χ4v) is 4.14. The van der Waals surface area contributed by atoms with Crippen molar-refractivity contribution in [2.45, 2.75) is 11.8 Å². The van der Waals surface area contributed by atoms with Gasteiger partial charge in [-0.2, -0.15) is 9.40 Å². The van der Waals surface area contributed by atoms with E-state index in [1.165, 1.54) is 16.4 Å². The summed E-state index contributed by atoms with van der Waals surface area (Å²) in [6.45, 7) is 2.81. The fourth-order valence-electron chi connectivity index (χ4n) is 2.71. The summed E-state index contributed by atoms with van der Waals surface area (Å²) < 4.78 is 41.1. The second-order valence-corrected chi connectivity index (χ2v) is 7.88. The van der Waals surface area contributed by atoms with Gasteiger partial charge in [0.25, 0.3) is 5.91 Å². The minimum atomic E-state index is -3.69. The predicted molar refractivity (Wildman–Crippen MR) is 89.0 cm³/mol. The molecule has 0 radical (unpaired) electrons. The van der Waals surface area contributed by atoms with Gasteiger partial charge >= 0.3 is 0 Å². The number of piperazine rings is 1. The standard InChI is InChI=1S/C16H19FN4O3S/c1-12-11-15(18-19(12)2)16(22)20-7-9-21(10-8-20)25(23,24)14-5-3-13(17)4-6-14/h3-6,11H,7-10H2,1-2H3. The van der Waals surface area contributed by atoms with Crippen molar-refractivity contribution in [2.75, 3.05) is 26.2 Å². The molecule has 1 aromatic carbocycles. The molecule has 1 fully saturated rings. The molecule has 0 saturated carbocycles. The lowest BCUT2D eigenvalue weighted by Crippen LogP contribution is -2.50. The molecular weight excluding hydrogens is 347 g/mol. The molecule has 2 heterocycles. The largest absolute Gasteiger partial charge is 0.335 e. The zero-order chi connectivity index (χ0) is 18.2. The molecule has 0 N–H and O–H groups in total. The van der Waals surface area contributed by atoms with Crippen molar-refractivity contribution < 1.29 is 17.6 Å². The van der Waals surface area contributed by atoms with Crippen LogP contribution in [-0.2, 0) is 17.1 Å². The van der Waals surface area contributed by atoms with Crippen molar-refractivity contribution in [3.8, 4) is 0 Å². The van der Waals surface area contributed by atoms with Crippen LogP contribution in [0.3, 0.4) is 0 Å². The fraction of sp³-hybridized carbons (Fsp3) is 0.375. The van der Waals surface area contributed by atoms with Gasteiger partial charge in [-0.05, 0) is 37.3 Å². The van der Waals surface area contributed by atoms with Gasteiger partial charge in [0, 0.05) is 38.9 Å². The Labute approximate surface area is 145 Å². The number of carbonyl (C=O) groups is 1. The Bertz CT molecular complexity index is 865. The average molecular weight is 366 g/mol. The maximum Gasteiger partial charge on any atom is 0.274 e. The summed E-state index contributed by atoms with van der Waals surface area (Å²) >= 11 is 0. The molecule has 0 spiro atoms. The van der Waals surface area contributed by atoms with Gasteiger partial charge in [0.15, 0.2) is 5.69 Å². The van der Waals surface area contributed by atoms with E-state index in [-0.39, 0.29) is 37.0 Å². The molecule has 0 atom stereocenters. The normalized spacial score (nSPS) is 16.2. The highest BCUT2D eigenvalue weighted by molar-refractivity contribution is 7.89. The maximum absolute atomic E-state index is 13.0. The van der Waals surface area contributed by atoms with E-state index in [1.54, 1.807) is 22.7 Å². The zero-order valence-electron chi connectivity index (χ0n) is 14.0. The van der Waals surface area contributed by atoms with Crippen LogP contribution in [0.1, 0.15) is 16.2 Å². The lowest BCUT2D eigenvalue weighted by Gasteiger charge is -2.33. The molecule has 1 saturated heterocycles. The SMILES string of the molecule is Cc1cc(C(=O)N2CCN(S(=O)(=O)c3ccc(F)cc3)CC2)nn1C. The van der Waals surface area contributed by atoms with Gasteiger partial charge in [0.2, 0.25) is 10.0 Å². The lowest BCUT2D eigenvalue weighted by molar-refractivity contribution is 0.0691. The molecule has 0 aliphatic carbocycles. The van der Waals surface area contributed by atoms with Crippen LogP contribution in [0.25, 0.3) is 0 Å². The molecule has 1 aliphatic rings. The number of hydrogen-bond donors (Lipinski definition) is 0. The van der Waals surface area contributed by atoms with Crippen LogP contribution in [0, 0.1) is 12.7 Å². The molecule has 7 nitrogen and oxygen atoms in total. The van der Waals surface area contributed by atoms with Crippen LogP contribution in [0.5, 0.6) is 0 Å². The molecule has 1 aliphatic heterocycles. The quantitative estimate of drug-likeness (QED) is 0.813. The lowest BCUT2D eigenvalue weighted by atomic mass is 10.3. The van der Waals surface area contributed by atoms with E-state index in [1.807, 2.05) is 6.92 Å². The van der Waals surface area contributed by atoms with Crippen molar-refractivity contribution in [3.05, 3.63) is 47.5 Å². The summed E-state index contributed by atoms with van der Waals surface area (Å²) in [6, 6.07) is 6.45. The molecular formula is C16H19FN4O3S. The highest BCUT2D eigenvalue weighted by Crippen LogP contribution is 2.19. The van der Waals surface area contributed by atoms with Gasteiger partial charge in [-0.25, -0.2) is 12.8 Å². The van der Waals surface area contributed by atoms with Crippen LogP contribution in [0.4, 0.5) is 4.39 Å². The zero-order valence-corrected chi connectivity index (χ0v) is 14.8. The Morgan fingerprint density at radius 3 is 2.24 bits per heavy atom. The Morgan fingerprint density at radius 2 is 1.72 bits per heavy atom. The van der Waals surface area contributed by atoms with Gasteiger partial charge in [0.1, 0.15) is 5.82 Å². The molecule has 25 heavy (non-hydrogen) atoms. The number of carbonyl (C=O) groups excluding carboxylic acids is 1. The smallest absolute Gasteiger partial charge is 0.274 e. The summed E-state index contributed by atoms with van der Waals surface area (Å²) in [4.78, 5) is 14.1. The number of rotatable bonds is 3. The molecule has 3 rings (SSSR count). The minimum absolute atomic E-state index is 0.0500. The number of nitrogens with zero attached hydrogens (tertiary/aromatic N) is 4. The minimum Gasteiger partial charge on any atom is -0.335 e. The summed E-state index contributed by atoms with van der Waals surface area (Å²) in [5.41, 5.74) is 1.23. The van der Waals surface area contributed by atoms with Gasteiger partial charge < -0.3 is 4.90 Å². The summed E-state index contributed by atoms with van der Waals surface area (Å²) in [6.07, 6.45) is 0. The Hall–Kier alpha value is -2.26. The van der Waals surface area contributed by atoms with E-state index in [0.717, 1.165) is 17.8 Å². The third kappa shape index (κ3) is 3.42. The van der Waals surface area contributed by atoms with E-state index in [9.17, 15) is 17.6 Å². The van der Waals surface area contributed by atoms with Crippen LogP contribution in [0.15, 0.2) is 35.2 Å². The van der Waals surface area contributed by atoms with Gasteiger partial charge in [0.05, 0.1) is 4.90 Å². The highest BCUT2D eigenvalue weighted by atomic mass is 32.2. The van der Waals surface area contributed by atoms with Gasteiger partial charge in [-0.15, -0.1) is 0 Å². The van der Waals surface area contributed by atoms with E-state index in [2.05, 4.69) is 5.10 Å². The maximum atomic E-state index is 13.0. The molecule has 2 aromatic rings. The van der Waals surface area contributed by atoms with E-state index >= 15 is 0 Å². The average Bonchev–Trinajstić information content (AvgIpc) is 2.94. The van der Waals surface area contributed by atoms with Gasteiger partial charge in [-0.1, -0.05) is 0 Å². The van der Waals surface area contributed by atoms with E-state index < -0.39 is 15.8 Å². The van der Waals surface area contributed by atoms with Crippen molar-refractivity contribution in [1.82, 2.24) is 19.0 Å². The third-order valence-electron chi connectivity index (χ3n) is 4.31. The molecule has 1 amide bonds. The second-order valence-electron chi connectivity index (χ2n) is 5.94. The van der Waals surface area contributed by atoms with Crippen LogP contribution < -0.4 is 0 Å². The Morgan fingerprint density at radius 1 is 1.12 bits per heavy atom. The predicted octanol–water partition coefficient (Wildman–Crippen LogP) is 1.01. The number of aryl methyl sites for hydroxylation is 2. The van der Waals surface area contributed by atoms with E-state index in [0.29, 0.717) is 5.69 Å². The molecule has 0 unspecified atom stereocenters. The van der Waals surface area contributed by atoms with Crippen molar-refractivity contribution >= 4 is 15.9 Å². The van der Waals surface area contributed by atoms with Crippen molar-refractivity contribution in [2.24, 2.45) is 7.05 Å². The number of halogens is 1. The van der Waals surface area contributed by atoms with Crippen LogP contribution in [-0.4, -0.2) is 59.5 Å². The summed E-state index contributed by atoms with van der Waals surface area (Å²) in [5, 5.41) is 4.17. The first-order valence-corrected chi connectivity index (χ1v) is 9.28. The number of aromatic nitrogens is 2. The van der Waals surface area contributed by atoms with E-state index in [4.69, 9.17) is 0 Å². The van der Waals surface area contributed by atoms with Crippen molar-refractivity contribution in [3.63, 3.8) is 0 Å². The highest BCUT2D eigenvalue weighted by Gasteiger charge is 2.31. The first kappa shape index (κ1) is 17.6. The summed E-state index contributed by atoms with van der Waals surface area (Å²) in [5.74, 6) is -0.692. The van der Waals surface area contributed by atoms with Crippen LogP contribution in [0.2, 0.25) is 0 Å². The molecule has 9 heteroatoms. The van der Waals surface area contributed by atoms with Crippen molar-refractivity contribution in [1.29, 1.82) is 0 Å². The number of benzene rings is 1. The molecule has 134 valence electrons. The van der Waals surface area contributed by atoms with Gasteiger partial charge in [-0.3, -0.25) is 9.48 Å². The topological polar surface area (TPSA) is 75.5 Å². The number of amides is 1. The third-order valence-corrected chi connectivity index (χ3v) is 6.22. The first-order valence-electron chi connectivity index (χ1n) is 7.84. The second kappa shape index (κ2) is 6.57. The first-order chi connectivity index (χ1) is 11.8. The Kier molecular flexibility index (Phi) is 4.61. The number of hydrogen-bond acceptors (Lipinski definition) is 4.